The van der Waals surface area contributed by atoms with Crippen LogP contribution in [-0.2, 0) is 35.3 Å². The second kappa shape index (κ2) is 12.4. The summed E-state index contributed by atoms with van der Waals surface area (Å²) in [4.78, 5) is 13.2. The van der Waals surface area contributed by atoms with Crippen LogP contribution in [-0.4, -0.2) is 29.1 Å². The van der Waals surface area contributed by atoms with Crippen LogP contribution in [0.2, 0.25) is 0 Å². The van der Waals surface area contributed by atoms with E-state index in [0.717, 1.165) is 50.6 Å². The number of hydrogen-bond acceptors (Lipinski definition) is 3. The number of carboxylic acids is 1. The standard InChI is InChI=1S/C31H38F3NO3/c1-3-23-16-25(10-11-26(23)17-35-18-27(19-35)30(36)37)21(2)13-14-38-20-22-9-12-28(24-7-5-4-6-8-24)29(15-22)31(32,33)34/h9-16,21,24,27H,3-8,17-20H2,1-2H3,(H,36,37). The topological polar surface area (TPSA) is 49.8 Å². The molecule has 206 valence electrons. The van der Waals surface area contributed by atoms with E-state index in [1.807, 2.05) is 6.08 Å². The van der Waals surface area contributed by atoms with Crippen LogP contribution in [0.1, 0.15) is 91.2 Å². The zero-order valence-corrected chi connectivity index (χ0v) is 22.3. The first-order valence-corrected chi connectivity index (χ1v) is 13.7. The quantitative estimate of drug-likeness (QED) is 0.321. The van der Waals surface area contributed by atoms with Crippen molar-refractivity contribution in [2.45, 2.75) is 83.5 Å². The number of allylic oxidation sites excluding steroid dienone is 1. The van der Waals surface area contributed by atoms with Gasteiger partial charge in [0.2, 0.25) is 0 Å². The first kappa shape index (κ1) is 28.2. The van der Waals surface area contributed by atoms with Crippen LogP contribution >= 0.6 is 0 Å². The monoisotopic (exact) mass is 529 g/mol. The Kier molecular flexibility index (Phi) is 9.19. The normalized spacial score (nSPS) is 18.4. The van der Waals surface area contributed by atoms with E-state index in [1.165, 1.54) is 17.2 Å². The highest BCUT2D eigenvalue weighted by molar-refractivity contribution is 5.71. The molecule has 4 nitrogen and oxygen atoms in total. The Morgan fingerprint density at radius 2 is 1.84 bits per heavy atom. The maximum Gasteiger partial charge on any atom is 0.416 e. The molecule has 0 amide bonds. The van der Waals surface area contributed by atoms with Gasteiger partial charge in [-0.25, -0.2) is 0 Å². The largest absolute Gasteiger partial charge is 0.497 e. The summed E-state index contributed by atoms with van der Waals surface area (Å²) < 4.78 is 47.1. The fourth-order valence-electron chi connectivity index (χ4n) is 5.65. The number of nitrogens with zero attached hydrogens (tertiary/aromatic N) is 1. The highest BCUT2D eigenvalue weighted by Crippen LogP contribution is 2.41. The van der Waals surface area contributed by atoms with Crippen molar-refractivity contribution in [2.24, 2.45) is 5.92 Å². The van der Waals surface area contributed by atoms with Crippen molar-refractivity contribution in [3.8, 4) is 0 Å². The molecule has 0 bridgehead atoms. The number of halogens is 3. The van der Waals surface area contributed by atoms with Crippen molar-refractivity contribution in [2.75, 3.05) is 13.1 Å². The van der Waals surface area contributed by atoms with Gasteiger partial charge in [-0.15, -0.1) is 0 Å². The van der Waals surface area contributed by atoms with E-state index >= 15 is 0 Å². The van der Waals surface area contributed by atoms with Crippen molar-refractivity contribution in [1.29, 1.82) is 0 Å². The van der Waals surface area contributed by atoms with Crippen LogP contribution in [0.4, 0.5) is 13.2 Å². The number of hydrogen-bond donors (Lipinski definition) is 1. The van der Waals surface area contributed by atoms with Crippen molar-refractivity contribution >= 4 is 5.97 Å². The number of likely N-dealkylation sites (tertiary alicyclic amines) is 1. The predicted molar refractivity (Wildman–Crippen MR) is 142 cm³/mol. The molecule has 1 aliphatic heterocycles. The number of carbonyl (C=O) groups is 1. The van der Waals surface area contributed by atoms with Crippen molar-refractivity contribution in [3.05, 3.63) is 82.1 Å². The summed E-state index contributed by atoms with van der Waals surface area (Å²) in [5, 5.41) is 9.08. The van der Waals surface area contributed by atoms with Crippen molar-refractivity contribution < 1.29 is 27.8 Å². The SMILES string of the molecule is CCc1cc(C(C)C=COCc2ccc(C3CCCCC3)c(C(F)(F)F)c2)ccc1CN1CC(C(=O)O)C1. The van der Waals surface area contributed by atoms with Gasteiger partial charge < -0.3 is 9.84 Å². The van der Waals surface area contributed by atoms with E-state index in [-0.39, 0.29) is 24.4 Å². The molecule has 2 aliphatic rings. The molecule has 1 N–H and O–H groups in total. The number of benzene rings is 2. The second-order valence-electron chi connectivity index (χ2n) is 10.8. The van der Waals surface area contributed by atoms with Crippen LogP contribution in [0.25, 0.3) is 0 Å². The fourth-order valence-corrected chi connectivity index (χ4v) is 5.65. The number of ether oxygens (including phenoxy) is 1. The zero-order chi connectivity index (χ0) is 27.3. The Morgan fingerprint density at radius 3 is 2.50 bits per heavy atom. The molecule has 0 aromatic heterocycles. The first-order valence-electron chi connectivity index (χ1n) is 13.7. The zero-order valence-electron chi connectivity index (χ0n) is 22.3. The number of carboxylic acid groups (broad SMARTS) is 1. The van der Waals surface area contributed by atoms with E-state index < -0.39 is 17.7 Å². The highest BCUT2D eigenvalue weighted by Gasteiger charge is 2.36. The summed E-state index contributed by atoms with van der Waals surface area (Å²) in [6, 6.07) is 11.0. The molecule has 1 unspecified atom stereocenters. The average molecular weight is 530 g/mol. The highest BCUT2D eigenvalue weighted by atomic mass is 19.4. The molecule has 0 radical (unpaired) electrons. The van der Waals surface area contributed by atoms with Crippen LogP contribution in [0.3, 0.4) is 0 Å². The van der Waals surface area contributed by atoms with Gasteiger partial charge in [-0.1, -0.05) is 63.4 Å². The third kappa shape index (κ3) is 6.99. The van der Waals surface area contributed by atoms with E-state index in [1.54, 1.807) is 18.4 Å². The Morgan fingerprint density at radius 1 is 1.11 bits per heavy atom. The molecular weight excluding hydrogens is 491 g/mol. The average Bonchev–Trinajstić information content (AvgIpc) is 2.88. The maximum atomic E-state index is 13.8. The van der Waals surface area contributed by atoms with Crippen LogP contribution in [0, 0.1) is 5.92 Å². The number of alkyl halides is 3. The van der Waals surface area contributed by atoms with Crippen molar-refractivity contribution in [3.63, 3.8) is 0 Å². The number of aryl methyl sites for hydroxylation is 1. The molecule has 2 aromatic rings. The molecule has 1 saturated carbocycles. The van der Waals surface area contributed by atoms with Gasteiger partial charge >= 0.3 is 12.1 Å². The van der Waals surface area contributed by atoms with Gasteiger partial charge in [0.1, 0.15) is 6.61 Å². The molecule has 1 aliphatic carbocycles. The molecule has 7 heteroatoms. The molecule has 2 fully saturated rings. The van der Waals surface area contributed by atoms with Crippen LogP contribution < -0.4 is 0 Å². The molecule has 2 aromatic carbocycles. The van der Waals surface area contributed by atoms with E-state index in [9.17, 15) is 18.0 Å². The number of aliphatic carboxylic acids is 1. The Bertz CT molecular complexity index is 1130. The fraction of sp³-hybridized carbons (Fsp3) is 0.516. The molecular formula is C31H38F3NO3. The first-order chi connectivity index (χ1) is 18.2. The smallest absolute Gasteiger partial charge is 0.416 e. The van der Waals surface area contributed by atoms with Gasteiger partial charge in [-0.3, -0.25) is 9.69 Å². The lowest BCUT2D eigenvalue weighted by atomic mass is 9.81. The summed E-state index contributed by atoms with van der Waals surface area (Å²) in [5.74, 6) is -0.927. The van der Waals surface area contributed by atoms with Gasteiger partial charge in [0, 0.05) is 25.6 Å². The molecule has 38 heavy (non-hydrogen) atoms. The van der Waals surface area contributed by atoms with Gasteiger partial charge in [-0.2, -0.15) is 13.2 Å². The minimum Gasteiger partial charge on any atom is -0.497 e. The van der Waals surface area contributed by atoms with Gasteiger partial charge in [0.25, 0.3) is 0 Å². The summed E-state index contributed by atoms with van der Waals surface area (Å²) in [7, 11) is 0. The Hall–Kier alpha value is -2.80. The lowest BCUT2D eigenvalue weighted by Gasteiger charge is -2.37. The lowest BCUT2D eigenvalue weighted by Crippen LogP contribution is -2.49. The van der Waals surface area contributed by atoms with E-state index in [0.29, 0.717) is 24.2 Å². The van der Waals surface area contributed by atoms with Crippen molar-refractivity contribution in [1.82, 2.24) is 4.90 Å². The molecule has 0 spiro atoms. The van der Waals surface area contributed by atoms with Gasteiger partial charge in [0.15, 0.2) is 0 Å². The third-order valence-corrected chi connectivity index (χ3v) is 8.02. The molecule has 1 saturated heterocycles. The number of rotatable bonds is 10. The summed E-state index contributed by atoms with van der Waals surface area (Å²) in [6.07, 6.45) is 4.74. The minimum absolute atomic E-state index is 0.0111. The van der Waals surface area contributed by atoms with Gasteiger partial charge in [-0.05, 0) is 65.1 Å². The Labute approximate surface area is 223 Å². The maximum absolute atomic E-state index is 13.8. The van der Waals surface area contributed by atoms with Crippen LogP contribution in [0.15, 0.2) is 48.7 Å². The molecule has 4 rings (SSSR count). The van der Waals surface area contributed by atoms with E-state index in [2.05, 4.69) is 36.9 Å². The minimum atomic E-state index is -4.37. The van der Waals surface area contributed by atoms with Crippen LogP contribution in [0.5, 0.6) is 0 Å². The summed E-state index contributed by atoms with van der Waals surface area (Å²) in [6.45, 7) is 6.18. The third-order valence-electron chi connectivity index (χ3n) is 8.02. The second-order valence-corrected chi connectivity index (χ2v) is 10.8. The van der Waals surface area contributed by atoms with Gasteiger partial charge in [0.05, 0.1) is 17.7 Å². The predicted octanol–water partition coefficient (Wildman–Crippen LogP) is 7.67. The Balaban J connectivity index is 1.34. The van der Waals surface area contributed by atoms with E-state index in [4.69, 9.17) is 9.84 Å². The molecule has 1 heterocycles. The summed E-state index contributed by atoms with van der Waals surface area (Å²) in [5.41, 5.74) is 4.00. The molecule has 1 atom stereocenters. The summed E-state index contributed by atoms with van der Waals surface area (Å²) >= 11 is 0. The lowest BCUT2D eigenvalue weighted by molar-refractivity contribution is -0.147.